The van der Waals surface area contributed by atoms with Gasteiger partial charge in [0.1, 0.15) is 5.82 Å². The first kappa shape index (κ1) is 14.1. The van der Waals surface area contributed by atoms with Crippen molar-refractivity contribution < 1.29 is 4.39 Å². The van der Waals surface area contributed by atoms with E-state index in [-0.39, 0.29) is 5.82 Å². The first-order valence-electron chi connectivity index (χ1n) is 7.58. The zero-order chi connectivity index (χ0) is 16.8. The topological polar surface area (TPSA) is 70.9 Å². The van der Waals surface area contributed by atoms with E-state index in [9.17, 15) is 4.39 Å². The second-order valence-electron chi connectivity index (χ2n) is 5.49. The highest BCUT2D eigenvalue weighted by atomic mass is 32.1. The summed E-state index contributed by atoms with van der Waals surface area (Å²) in [6.45, 7) is 0. The van der Waals surface area contributed by atoms with Crippen molar-refractivity contribution in [2.75, 3.05) is 5.32 Å². The number of hydrogen-bond donors (Lipinski definition) is 2. The highest BCUT2D eigenvalue weighted by molar-refractivity contribution is 7.15. The van der Waals surface area contributed by atoms with Crippen molar-refractivity contribution in [1.29, 1.82) is 0 Å². The van der Waals surface area contributed by atoms with Gasteiger partial charge in [0.25, 0.3) is 5.95 Å². The Morgan fingerprint density at radius 3 is 2.72 bits per heavy atom. The number of fused-ring (bicyclic) bond motifs is 2. The lowest BCUT2D eigenvalue weighted by molar-refractivity contribution is 0.628. The SMILES string of the molecule is Fc1ccc(-c2csc3nc(Nc4nc5ccccc5[nH]4)nn23)cc1. The van der Waals surface area contributed by atoms with Crippen LogP contribution >= 0.6 is 11.3 Å². The Hall–Kier alpha value is -3.26. The van der Waals surface area contributed by atoms with Crippen molar-refractivity contribution in [2.24, 2.45) is 0 Å². The number of anilines is 2. The third-order valence-corrected chi connectivity index (χ3v) is 4.66. The fourth-order valence-electron chi connectivity index (χ4n) is 2.67. The number of para-hydroxylation sites is 2. The molecule has 0 amide bonds. The third kappa shape index (κ3) is 2.43. The van der Waals surface area contributed by atoms with Crippen LogP contribution in [-0.2, 0) is 0 Å². The van der Waals surface area contributed by atoms with E-state index in [2.05, 4.69) is 25.4 Å². The molecule has 3 aromatic heterocycles. The van der Waals surface area contributed by atoms with E-state index in [0.717, 1.165) is 27.3 Å². The summed E-state index contributed by atoms with van der Waals surface area (Å²) in [4.78, 5) is 12.9. The molecule has 2 N–H and O–H groups in total. The van der Waals surface area contributed by atoms with Crippen molar-refractivity contribution in [3.05, 3.63) is 59.7 Å². The van der Waals surface area contributed by atoms with Crippen molar-refractivity contribution in [2.45, 2.75) is 0 Å². The molecular formula is C17H11FN6S. The van der Waals surface area contributed by atoms with Crippen LogP contribution in [0.3, 0.4) is 0 Å². The highest BCUT2D eigenvalue weighted by Gasteiger charge is 2.13. The Labute approximate surface area is 145 Å². The minimum Gasteiger partial charge on any atom is -0.324 e. The summed E-state index contributed by atoms with van der Waals surface area (Å²) in [5.74, 6) is 0.776. The molecule has 3 heterocycles. The number of nitrogens with zero attached hydrogens (tertiary/aromatic N) is 4. The van der Waals surface area contributed by atoms with Crippen LogP contribution in [0.4, 0.5) is 16.3 Å². The van der Waals surface area contributed by atoms with Gasteiger partial charge in [0.05, 0.1) is 16.7 Å². The van der Waals surface area contributed by atoms with E-state index >= 15 is 0 Å². The molecule has 0 saturated heterocycles. The molecule has 0 atom stereocenters. The van der Waals surface area contributed by atoms with E-state index in [1.54, 1.807) is 16.6 Å². The molecule has 0 saturated carbocycles. The molecule has 0 aliphatic carbocycles. The molecule has 6 nitrogen and oxygen atoms in total. The number of imidazole rings is 1. The van der Waals surface area contributed by atoms with Crippen LogP contribution in [0.1, 0.15) is 0 Å². The van der Waals surface area contributed by atoms with Gasteiger partial charge in [-0.05, 0) is 36.4 Å². The van der Waals surface area contributed by atoms with Gasteiger partial charge in [-0.15, -0.1) is 16.4 Å². The largest absolute Gasteiger partial charge is 0.324 e. The molecule has 2 aromatic carbocycles. The quantitative estimate of drug-likeness (QED) is 0.511. The molecule has 0 aliphatic rings. The highest BCUT2D eigenvalue weighted by Crippen LogP contribution is 2.26. The summed E-state index contributed by atoms with van der Waals surface area (Å²) in [5.41, 5.74) is 3.56. The van der Waals surface area contributed by atoms with E-state index in [4.69, 9.17) is 0 Å². The maximum Gasteiger partial charge on any atom is 0.250 e. The Morgan fingerprint density at radius 2 is 1.88 bits per heavy atom. The zero-order valence-electron chi connectivity index (χ0n) is 12.8. The lowest BCUT2D eigenvalue weighted by Crippen LogP contribution is -1.95. The minimum absolute atomic E-state index is 0.263. The summed E-state index contributed by atoms with van der Waals surface area (Å²) in [5, 5.41) is 9.53. The molecule has 5 rings (SSSR count). The maximum atomic E-state index is 13.1. The lowest BCUT2D eigenvalue weighted by atomic mass is 10.2. The number of H-pyrrole nitrogens is 1. The number of hydrogen-bond acceptors (Lipinski definition) is 5. The monoisotopic (exact) mass is 350 g/mol. The van der Waals surface area contributed by atoms with Gasteiger partial charge in [-0.1, -0.05) is 12.1 Å². The Balaban J connectivity index is 1.51. The molecule has 0 bridgehead atoms. The van der Waals surface area contributed by atoms with E-state index in [1.807, 2.05) is 29.6 Å². The molecule has 25 heavy (non-hydrogen) atoms. The van der Waals surface area contributed by atoms with Crippen LogP contribution in [0.25, 0.3) is 27.3 Å². The first-order chi connectivity index (χ1) is 12.3. The van der Waals surface area contributed by atoms with Crippen LogP contribution in [0.2, 0.25) is 0 Å². The van der Waals surface area contributed by atoms with Crippen LogP contribution in [-0.4, -0.2) is 24.6 Å². The Morgan fingerprint density at radius 1 is 1.04 bits per heavy atom. The van der Waals surface area contributed by atoms with Gasteiger partial charge in [-0.3, -0.25) is 5.32 Å². The van der Waals surface area contributed by atoms with Gasteiger partial charge < -0.3 is 4.98 Å². The van der Waals surface area contributed by atoms with Gasteiger partial charge in [0.2, 0.25) is 10.9 Å². The van der Waals surface area contributed by atoms with Crippen molar-refractivity contribution in [3.8, 4) is 11.3 Å². The lowest BCUT2D eigenvalue weighted by Gasteiger charge is -1.98. The van der Waals surface area contributed by atoms with Crippen LogP contribution in [0.15, 0.2) is 53.9 Å². The van der Waals surface area contributed by atoms with Gasteiger partial charge in [-0.25, -0.2) is 13.9 Å². The van der Waals surface area contributed by atoms with E-state index in [1.165, 1.54) is 23.5 Å². The van der Waals surface area contributed by atoms with Gasteiger partial charge in [0.15, 0.2) is 0 Å². The van der Waals surface area contributed by atoms with E-state index in [0.29, 0.717) is 11.9 Å². The van der Waals surface area contributed by atoms with Crippen LogP contribution in [0.5, 0.6) is 0 Å². The maximum absolute atomic E-state index is 13.1. The fourth-order valence-corrected chi connectivity index (χ4v) is 3.50. The molecule has 8 heteroatoms. The minimum atomic E-state index is -0.263. The van der Waals surface area contributed by atoms with Gasteiger partial charge in [-0.2, -0.15) is 4.98 Å². The summed E-state index contributed by atoms with van der Waals surface area (Å²) < 4.78 is 14.9. The molecule has 0 unspecified atom stereocenters. The number of thiazole rings is 1. The fraction of sp³-hybridized carbons (Fsp3) is 0. The smallest absolute Gasteiger partial charge is 0.250 e. The average molecular weight is 350 g/mol. The zero-order valence-corrected chi connectivity index (χ0v) is 13.6. The second-order valence-corrected chi connectivity index (χ2v) is 6.32. The molecule has 122 valence electrons. The number of aromatic amines is 1. The summed E-state index contributed by atoms with van der Waals surface area (Å²) in [6, 6.07) is 14.1. The van der Waals surface area contributed by atoms with Gasteiger partial charge in [0, 0.05) is 10.9 Å². The predicted octanol–water partition coefficient (Wildman–Crippen LogP) is 4.22. The number of benzene rings is 2. The van der Waals surface area contributed by atoms with Gasteiger partial charge >= 0.3 is 0 Å². The number of nitrogens with one attached hydrogen (secondary N) is 2. The predicted molar refractivity (Wildman–Crippen MR) is 95.6 cm³/mol. The van der Waals surface area contributed by atoms with Crippen molar-refractivity contribution in [1.82, 2.24) is 24.6 Å². The summed E-state index contributed by atoms with van der Waals surface area (Å²) in [6.07, 6.45) is 0. The molecule has 0 spiro atoms. The van der Waals surface area contributed by atoms with Crippen molar-refractivity contribution >= 4 is 39.2 Å². The second kappa shape index (κ2) is 5.38. The first-order valence-corrected chi connectivity index (χ1v) is 8.46. The van der Waals surface area contributed by atoms with E-state index < -0.39 is 0 Å². The number of rotatable bonds is 3. The molecule has 5 aromatic rings. The van der Waals surface area contributed by atoms with Crippen LogP contribution in [0, 0.1) is 5.82 Å². The van der Waals surface area contributed by atoms with Crippen LogP contribution < -0.4 is 5.32 Å². The number of halogens is 1. The summed E-state index contributed by atoms with van der Waals surface area (Å²) >= 11 is 1.47. The molecule has 0 fully saturated rings. The Bertz CT molecular complexity index is 1150. The summed E-state index contributed by atoms with van der Waals surface area (Å²) in [7, 11) is 0. The Kier molecular flexibility index (Phi) is 3.04. The third-order valence-electron chi connectivity index (χ3n) is 3.84. The molecule has 0 aliphatic heterocycles. The number of aromatic nitrogens is 5. The normalized spacial score (nSPS) is 11.4. The van der Waals surface area contributed by atoms with Crippen molar-refractivity contribution in [3.63, 3.8) is 0 Å². The standard InChI is InChI=1S/C17H11FN6S/c18-11-7-5-10(6-8-11)14-9-25-17-22-16(23-24(14)17)21-15-19-12-3-1-2-4-13(12)20-15/h1-9H,(H2,19,20,21,23). The molecular weight excluding hydrogens is 339 g/mol. The molecule has 0 radical (unpaired) electrons. The average Bonchev–Trinajstić information content (AvgIpc) is 3.29.